The lowest BCUT2D eigenvalue weighted by atomic mass is 10.0. The fourth-order valence-electron chi connectivity index (χ4n) is 4.37. The van der Waals surface area contributed by atoms with Crippen molar-refractivity contribution in [3.8, 4) is 5.75 Å². The van der Waals surface area contributed by atoms with Crippen LogP contribution in [-0.4, -0.2) is 69.6 Å². The molecule has 0 aromatic heterocycles. The maximum atomic E-state index is 12.7. The summed E-state index contributed by atoms with van der Waals surface area (Å²) in [6.07, 6.45) is 3.45. The van der Waals surface area contributed by atoms with Crippen LogP contribution in [0.15, 0.2) is 72.8 Å². The van der Waals surface area contributed by atoms with Crippen molar-refractivity contribution in [3.63, 3.8) is 0 Å². The molecule has 0 radical (unpaired) electrons. The molecule has 4 N–H and O–H groups in total. The van der Waals surface area contributed by atoms with Crippen molar-refractivity contribution < 1.29 is 28.2 Å². The molecule has 1 fully saturated rings. The van der Waals surface area contributed by atoms with Crippen molar-refractivity contribution in [2.24, 2.45) is 11.7 Å². The smallest absolute Gasteiger partial charge is 0.254 e. The van der Waals surface area contributed by atoms with E-state index in [1.54, 1.807) is 32.4 Å². The molecule has 1 aliphatic rings. The van der Waals surface area contributed by atoms with E-state index in [-0.39, 0.29) is 23.7 Å². The Labute approximate surface area is 287 Å². The molecule has 1 aliphatic heterocycles. The number of amides is 3. The van der Waals surface area contributed by atoms with Gasteiger partial charge in [-0.15, -0.1) is 0 Å². The molecule has 1 heterocycles. The van der Waals surface area contributed by atoms with Gasteiger partial charge in [-0.2, -0.15) is 0 Å². The van der Waals surface area contributed by atoms with Crippen molar-refractivity contribution in [2.45, 2.75) is 66.8 Å². The Balaban J connectivity index is 0.000000812. The van der Waals surface area contributed by atoms with Crippen LogP contribution in [0.25, 0.3) is 0 Å². The number of rotatable bonds is 10. The van der Waals surface area contributed by atoms with E-state index in [1.165, 1.54) is 29.8 Å². The zero-order valence-electron chi connectivity index (χ0n) is 30.1. The number of nitrogens with one attached hydrogen (secondary N) is 2. The molecule has 10 heteroatoms. The third-order valence-corrected chi connectivity index (χ3v) is 6.43. The summed E-state index contributed by atoms with van der Waals surface area (Å²) in [5.74, 6) is 0.425. The predicted molar refractivity (Wildman–Crippen MR) is 194 cm³/mol. The number of benzene rings is 3. The molecule has 1 unspecified atom stereocenters. The highest BCUT2D eigenvalue weighted by atomic mass is 19.1. The number of carbonyl (C=O) groups excluding carboxylic acids is 3. The van der Waals surface area contributed by atoms with Crippen LogP contribution >= 0.6 is 0 Å². The molecular weight excluding hydrogens is 611 g/mol. The van der Waals surface area contributed by atoms with E-state index in [1.807, 2.05) is 43.9 Å². The van der Waals surface area contributed by atoms with E-state index >= 15 is 0 Å². The number of halogens is 1. The van der Waals surface area contributed by atoms with E-state index in [4.69, 9.17) is 10.5 Å². The van der Waals surface area contributed by atoms with Gasteiger partial charge in [0.15, 0.2) is 0 Å². The SMILES string of the molecule is CC.CCOc1cc(C(=O)NCC(N)CC(C)C)cc(C(=O)N2CCCC2)c1.COC.Cc1ccccc1.O=CNc1ccc(F)cc1. The van der Waals surface area contributed by atoms with Gasteiger partial charge in [0.25, 0.3) is 11.8 Å². The molecule has 0 spiro atoms. The number of hydrogen-bond donors (Lipinski definition) is 3. The van der Waals surface area contributed by atoms with Gasteiger partial charge < -0.3 is 30.7 Å². The molecule has 266 valence electrons. The zero-order chi connectivity index (χ0) is 36.3. The third kappa shape index (κ3) is 19.4. The minimum Gasteiger partial charge on any atom is -0.494 e. The molecule has 1 saturated heterocycles. The van der Waals surface area contributed by atoms with E-state index in [9.17, 15) is 18.8 Å². The van der Waals surface area contributed by atoms with E-state index < -0.39 is 0 Å². The number of aryl methyl sites for hydroxylation is 1. The van der Waals surface area contributed by atoms with E-state index in [0.29, 0.717) is 48.0 Å². The van der Waals surface area contributed by atoms with Crippen LogP contribution in [0, 0.1) is 18.7 Å². The maximum Gasteiger partial charge on any atom is 0.254 e. The van der Waals surface area contributed by atoms with Crippen LogP contribution in [0.5, 0.6) is 5.75 Å². The first-order chi connectivity index (χ1) is 23.0. The van der Waals surface area contributed by atoms with Gasteiger partial charge in [-0.05, 0) is 81.5 Å². The minimum atomic E-state index is -0.309. The fraction of sp³-hybridized carbons (Fsp3) is 0.447. The highest BCUT2D eigenvalue weighted by Crippen LogP contribution is 2.21. The molecule has 3 aromatic carbocycles. The maximum absolute atomic E-state index is 12.7. The second kappa shape index (κ2) is 26.8. The number of likely N-dealkylation sites (tertiary alicyclic amines) is 1. The van der Waals surface area contributed by atoms with Crippen LogP contribution in [-0.2, 0) is 9.53 Å². The Kier molecular flexibility index (Phi) is 24.4. The quantitative estimate of drug-likeness (QED) is 0.198. The Hall–Kier alpha value is -4.28. The number of ether oxygens (including phenoxy) is 2. The summed E-state index contributed by atoms with van der Waals surface area (Å²) < 4.78 is 22.0. The molecule has 1 atom stereocenters. The first-order valence-corrected chi connectivity index (χ1v) is 16.5. The van der Waals surface area contributed by atoms with Crippen molar-refractivity contribution >= 4 is 23.9 Å². The molecular formula is C38H57FN4O5. The largest absolute Gasteiger partial charge is 0.494 e. The van der Waals surface area contributed by atoms with Crippen LogP contribution in [0.1, 0.15) is 80.2 Å². The average molecular weight is 669 g/mol. The zero-order valence-corrected chi connectivity index (χ0v) is 30.1. The summed E-state index contributed by atoms with van der Waals surface area (Å²) in [5, 5.41) is 5.25. The highest BCUT2D eigenvalue weighted by Gasteiger charge is 2.22. The number of carbonyl (C=O) groups is 3. The lowest BCUT2D eigenvalue weighted by Crippen LogP contribution is -2.38. The number of nitrogens with zero attached hydrogens (tertiary/aromatic N) is 1. The first kappa shape index (κ1) is 43.7. The second-order valence-electron chi connectivity index (χ2n) is 11.1. The first-order valence-electron chi connectivity index (χ1n) is 16.5. The molecule has 9 nitrogen and oxygen atoms in total. The molecule has 3 aromatic rings. The van der Waals surface area contributed by atoms with Gasteiger partial charge in [0.2, 0.25) is 6.41 Å². The molecule has 0 bridgehead atoms. The summed E-state index contributed by atoms with van der Waals surface area (Å²) in [5.41, 5.74) is 8.88. The third-order valence-electron chi connectivity index (χ3n) is 6.43. The standard InChI is InChI=1S/C20H31N3O3.C7H6FNO.C7H8.C2H6O.C2H6/c1-4-26-18-11-15(19(24)22-13-17(21)9-14(2)3)10-16(12-18)20(25)23-7-5-6-8-23;8-6-1-3-7(4-2-6)9-5-10;1-7-5-3-2-4-6-7;1-3-2;1-2/h10-12,14,17H,4-9,13,21H2,1-3H3,(H,22,24);1-5H,(H,9,10);2-6H,1H3;1-2H3;1-2H3. The summed E-state index contributed by atoms with van der Waals surface area (Å²) in [6, 6.07) is 20.8. The van der Waals surface area contributed by atoms with Gasteiger partial charge in [-0.3, -0.25) is 14.4 Å². The van der Waals surface area contributed by atoms with E-state index in [0.717, 1.165) is 32.4 Å². The van der Waals surface area contributed by atoms with Gasteiger partial charge in [-0.25, -0.2) is 4.39 Å². The van der Waals surface area contributed by atoms with Crippen molar-refractivity contribution in [1.82, 2.24) is 10.2 Å². The van der Waals surface area contributed by atoms with Gasteiger partial charge in [0.1, 0.15) is 11.6 Å². The monoisotopic (exact) mass is 668 g/mol. The topological polar surface area (TPSA) is 123 Å². The summed E-state index contributed by atoms with van der Waals surface area (Å²) >= 11 is 0. The average Bonchev–Trinajstić information content (AvgIpc) is 3.62. The Bertz CT molecular complexity index is 1280. The van der Waals surface area contributed by atoms with E-state index in [2.05, 4.69) is 48.3 Å². The Morgan fingerprint density at radius 1 is 0.958 bits per heavy atom. The molecule has 3 amide bonds. The number of anilines is 1. The normalized spacial score (nSPS) is 11.9. The molecule has 4 rings (SSSR count). The number of hydrogen-bond acceptors (Lipinski definition) is 6. The van der Waals surface area contributed by atoms with Gasteiger partial charge in [-0.1, -0.05) is 63.6 Å². The van der Waals surface area contributed by atoms with Crippen LogP contribution in [0.2, 0.25) is 0 Å². The van der Waals surface area contributed by atoms with Gasteiger partial charge in [0, 0.05) is 56.7 Å². The van der Waals surface area contributed by atoms with Gasteiger partial charge in [0.05, 0.1) is 6.61 Å². The second-order valence-corrected chi connectivity index (χ2v) is 11.1. The van der Waals surface area contributed by atoms with Crippen molar-refractivity contribution in [1.29, 1.82) is 0 Å². The van der Waals surface area contributed by atoms with Crippen molar-refractivity contribution in [3.05, 3.63) is 95.3 Å². The number of nitrogens with two attached hydrogens (primary N) is 1. The van der Waals surface area contributed by atoms with Crippen LogP contribution < -0.4 is 21.1 Å². The molecule has 0 saturated carbocycles. The highest BCUT2D eigenvalue weighted by molar-refractivity contribution is 6.00. The summed E-state index contributed by atoms with van der Waals surface area (Å²) in [4.78, 5) is 36.9. The lowest BCUT2D eigenvalue weighted by molar-refractivity contribution is -0.105. The molecule has 48 heavy (non-hydrogen) atoms. The van der Waals surface area contributed by atoms with Crippen molar-refractivity contribution in [2.75, 3.05) is 45.8 Å². The van der Waals surface area contributed by atoms with Crippen LogP contribution in [0.3, 0.4) is 0 Å². The minimum absolute atomic E-state index is 0.0467. The number of methoxy groups -OCH3 is 1. The Morgan fingerprint density at radius 2 is 1.52 bits per heavy atom. The van der Waals surface area contributed by atoms with Crippen LogP contribution in [0.4, 0.5) is 10.1 Å². The Morgan fingerprint density at radius 3 is 2.00 bits per heavy atom. The fourth-order valence-corrected chi connectivity index (χ4v) is 4.37. The lowest BCUT2D eigenvalue weighted by Gasteiger charge is -2.18. The summed E-state index contributed by atoms with van der Waals surface area (Å²) in [6.45, 7) is 14.6. The van der Waals surface area contributed by atoms with Gasteiger partial charge >= 0.3 is 0 Å². The summed E-state index contributed by atoms with van der Waals surface area (Å²) in [7, 11) is 3.25. The molecule has 0 aliphatic carbocycles. The predicted octanol–water partition coefficient (Wildman–Crippen LogP) is 7.10.